The number of hydrogen-bond acceptors (Lipinski definition) is 5. The average Bonchev–Trinajstić information content (AvgIpc) is 2.44. The Hall–Kier alpha value is -2.57. The van der Waals surface area contributed by atoms with E-state index in [0.29, 0.717) is 12.2 Å². The number of carboxylic acid groups (broad SMARTS) is 2. The molecule has 7 heteroatoms. The molecular weight excluding hydrogens is 216 g/mol. The summed E-state index contributed by atoms with van der Waals surface area (Å²) >= 11 is 0. The third-order valence-electron chi connectivity index (χ3n) is 1.03. The first-order chi connectivity index (χ1) is 7.52. The van der Waals surface area contributed by atoms with Crippen LogP contribution < -0.4 is 5.43 Å². The maximum Gasteiger partial charge on any atom is 0.328 e. The van der Waals surface area contributed by atoms with Crippen LogP contribution in [0.3, 0.4) is 0 Å². The lowest BCUT2D eigenvalue weighted by molar-refractivity contribution is -0.134. The largest absolute Gasteiger partial charge is 0.478 e. The monoisotopic (exact) mass is 224 g/mol. The Morgan fingerprint density at radius 2 is 1.69 bits per heavy atom. The molecule has 0 atom stereocenters. The fraction of sp³-hybridized carbons (Fsp3) is 0. The van der Waals surface area contributed by atoms with Crippen LogP contribution in [0.5, 0.6) is 0 Å². The minimum Gasteiger partial charge on any atom is -0.478 e. The third kappa shape index (κ3) is 9.52. The van der Waals surface area contributed by atoms with Crippen LogP contribution >= 0.6 is 0 Å². The highest BCUT2D eigenvalue weighted by molar-refractivity contribution is 5.89. The topological polar surface area (TPSA) is 117 Å². The van der Waals surface area contributed by atoms with E-state index < -0.39 is 11.9 Å². The molecule has 16 heavy (non-hydrogen) atoms. The molecule has 0 fully saturated rings. The lowest BCUT2D eigenvalue weighted by Gasteiger charge is -1.74. The van der Waals surface area contributed by atoms with Crippen LogP contribution in [0.25, 0.3) is 0 Å². The molecule has 0 bridgehead atoms. The smallest absolute Gasteiger partial charge is 0.328 e. The van der Waals surface area contributed by atoms with Crippen LogP contribution in [0.1, 0.15) is 0 Å². The Bertz CT molecular complexity index is 406. The molecule has 0 radical (unpaired) electrons. The van der Waals surface area contributed by atoms with Gasteiger partial charge in [-0.15, -0.1) is 0 Å². The molecule has 0 aliphatic rings. The fourth-order valence-electron chi connectivity index (χ4n) is 0.491. The van der Waals surface area contributed by atoms with Gasteiger partial charge in [0.15, 0.2) is 5.43 Å². The van der Waals surface area contributed by atoms with Crippen LogP contribution in [0, 0.1) is 0 Å². The van der Waals surface area contributed by atoms with Gasteiger partial charge >= 0.3 is 11.9 Å². The van der Waals surface area contributed by atoms with Gasteiger partial charge in [-0.2, -0.15) is 10.2 Å². The first-order valence-corrected chi connectivity index (χ1v) is 3.93. The highest BCUT2D eigenvalue weighted by atomic mass is 16.4. The van der Waals surface area contributed by atoms with Crippen molar-refractivity contribution < 1.29 is 19.8 Å². The standard InChI is InChI=1S/C5H4N2O.C4H4O4/c8-5-2-1-3-6-7-4-5;5-3(6)1-2-4(7)8/h1-4H;1-2H,(H,5,6)(H,7,8). The maximum atomic E-state index is 10.4. The number of carboxylic acids is 2. The lowest BCUT2D eigenvalue weighted by Crippen LogP contribution is -1.91. The average molecular weight is 224 g/mol. The van der Waals surface area contributed by atoms with Gasteiger partial charge in [0.05, 0.1) is 6.20 Å². The van der Waals surface area contributed by atoms with Gasteiger partial charge in [-0.3, -0.25) is 4.79 Å². The third-order valence-corrected chi connectivity index (χ3v) is 1.03. The van der Waals surface area contributed by atoms with Crippen molar-refractivity contribution in [3.05, 3.63) is 46.9 Å². The lowest BCUT2D eigenvalue weighted by atomic mass is 10.5. The Morgan fingerprint density at radius 1 is 1.12 bits per heavy atom. The molecule has 0 aliphatic heterocycles. The van der Waals surface area contributed by atoms with Crippen molar-refractivity contribution in [2.24, 2.45) is 0 Å². The zero-order valence-electron chi connectivity index (χ0n) is 7.98. The van der Waals surface area contributed by atoms with Crippen molar-refractivity contribution in [2.75, 3.05) is 0 Å². The maximum absolute atomic E-state index is 10.4. The van der Waals surface area contributed by atoms with Crippen molar-refractivity contribution in [1.82, 2.24) is 10.2 Å². The van der Waals surface area contributed by atoms with E-state index in [2.05, 4.69) is 10.2 Å². The Kier molecular flexibility index (Phi) is 6.55. The molecule has 1 heterocycles. The number of aromatic nitrogens is 2. The van der Waals surface area contributed by atoms with E-state index in [1.165, 1.54) is 18.5 Å². The van der Waals surface area contributed by atoms with Crippen LogP contribution in [-0.2, 0) is 9.59 Å². The van der Waals surface area contributed by atoms with Crippen LogP contribution in [0.2, 0.25) is 0 Å². The molecule has 0 aromatic carbocycles. The molecule has 0 spiro atoms. The van der Waals surface area contributed by atoms with E-state index >= 15 is 0 Å². The Morgan fingerprint density at radius 3 is 2.19 bits per heavy atom. The van der Waals surface area contributed by atoms with Crippen molar-refractivity contribution in [1.29, 1.82) is 0 Å². The van der Waals surface area contributed by atoms with Gasteiger partial charge in [-0.25, -0.2) is 9.59 Å². The van der Waals surface area contributed by atoms with Gasteiger partial charge in [0.2, 0.25) is 0 Å². The summed E-state index contributed by atoms with van der Waals surface area (Å²) in [7, 11) is 0. The molecule has 0 saturated heterocycles. The second-order valence-corrected chi connectivity index (χ2v) is 2.28. The molecule has 7 nitrogen and oxygen atoms in total. The summed E-state index contributed by atoms with van der Waals surface area (Å²) in [5.74, 6) is -2.51. The first kappa shape index (κ1) is 13.4. The molecule has 1 aromatic heterocycles. The number of carbonyl (C=O) groups is 2. The molecule has 0 unspecified atom stereocenters. The molecule has 1 rings (SSSR count). The van der Waals surface area contributed by atoms with E-state index in [9.17, 15) is 14.4 Å². The molecule has 1 aromatic rings. The summed E-state index contributed by atoms with van der Waals surface area (Å²) in [5.41, 5.74) is -0.123. The fourth-order valence-corrected chi connectivity index (χ4v) is 0.491. The highest BCUT2D eigenvalue weighted by Gasteiger charge is 1.88. The zero-order valence-corrected chi connectivity index (χ0v) is 7.98. The Labute approximate surface area is 89.7 Å². The Balaban J connectivity index is 0.000000281. The van der Waals surface area contributed by atoms with Crippen LogP contribution in [-0.4, -0.2) is 32.3 Å². The minimum absolute atomic E-state index is 0.123. The van der Waals surface area contributed by atoms with Gasteiger partial charge in [0, 0.05) is 18.3 Å². The SMILES string of the molecule is O=C(O)C=CC(=O)O.O=c1cccnnc1. The summed E-state index contributed by atoms with van der Waals surface area (Å²) in [6, 6.07) is 2.95. The predicted molar refractivity (Wildman–Crippen MR) is 52.7 cm³/mol. The van der Waals surface area contributed by atoms with Gasteiger partial charge in [0.25, 0.3) is 0 Å². The molecule has 2 N–H and O–H groups in total. The van der Waals surface area contributed by atoms with Crippen LogP contribution in [0.15, 0.2) is 41.5 Å². The number of aliphatic carboxylic acids is 2. The highest BCUT2D eigenvalue weighted by Crippen LogP contribution is 1.70. The summed E-state index contributed by atoms with van der Waals surface area (Å²) < 4.78 is 0. The van der Waals surface area contributed by atoms with Crippen molar-refractivity contribution in [2.45, 2.75) is 0 Å². The first-order valence-electron chi connectivity index (χ1n) is 3.93. The van der Waals surface area contributed by atoms with Crippen molar-refractivity contribution >= 4 is 11.9 Å². The molecule has 0 saturated carbocycles. The number of nitrogens with zero attached hydrogens (tertiary/aromatic N) is 2. The van der Waals surface area contributed by atoms with Crippen molar-refractivity contribution in [3.8, 4) is 0 Å². The van der Waals surface area contributed by atoms with E-state index in [4.69, 9.17) is 10.2 Å². The predicted octanol–water partition coefficient (Wildman–Crippen LogP) is -0.451. The second kappa shape index (κ2) is 7.80. The number of rotatable bonds is 2. The number of hydrogen-bond donors (Lipinski definition) is 2. The van der Waals surface area contributed by atoms with Crippen molar-refractivity contribution in [3.63, 3.8) is 0 Å². The van der Waals surface area contributed by atoms with Gasteiger partial charge < -0.3 is 10.2 Å². The van der Waals surface area contributed by atoms with E-state index in [1.54, 1.807) is 6.07 Å². The molecule has 84 valence electrons. The summed E-state index contributed by atoms with van der Waals surface area (Å²) in [4.78, 5) is 29.5. The van der Waals surface area contributed by atoms with Gasteiger partial charge in [-0.05, 0) is 12.1 Å². The van der Waals surface area contributed by atoms with E-state index in [-0.39, 0.29) is 5.43 Å². The molecule has 0 amide bonds. The zero-order chi connectivity index (χ0) is 12.4. The van der Waals surface area contributed by atoms with E-state index in [1.807, 2.05) is 0 Å². The second-order valence-electron chi connectivity index (χ2n) is 2.28. The molecule has 0 aliphatic carbocycles. The normalized spacial score (nSPS) is 9.00. The quantitative estimate of drug-likeness (QED) is 0.653. The summed E-state index contributed by atoms with van der Waals surface area (Å²) in [6.07, 6.45) is 3.74. The van der Waals surface area contributed by atoms with E-state index in [0.717, 1.165) is 0 Å². The summed E-state index contributed by atoms with van der Waals surface area (Å²) in [5, 5.41) is 22.5. The molecular formula is C9H8N2O5. The van der Waals surface area contributed by atoms with Gasteiger partial charge in [-0.1, -0.05) is 0 Å². The summed E-state index contributed by atoms with van der Waals surface area (Å²) in [6.45, 7) is 0. The minimum atomic E-state index is -1.26. The van der Waals surface area contributed by atoms with Crippen LogP contribution in [0.4, 0.5) is 0 Å². The van der Waals surface area contributed by atoms with Gasteiger partial charge in [0.1, 0.15) is 0 Å².